The minimum Gasteiger partial charge on any atom is -0.379 e. The summed E-state index contributed by atoms with van der Waals surface area (Å²) >= 11 is 0. The fourth-order valence-electron chi connectivity index (χ4n) is 2.19. The molecule has 0 aliphatic carbocycles. The van der Waals surface area contributed by atoms with Gasteiger partial charge in [-0.3, -0.25) is 4.31 Å². The van der Waals surface area contributed by atoms with Gasteiger partial charge in [0.15, 0.2) is 0 Å². The van der Waals surface area contributed by atoms with Gasteiger partial charge in [-0.05, 0) is 26.0 Å². The molecular formula is C11H15FN2O2S. The molecule has 17 heavy (non-hydrogen) atoms. The molecule has 0 radical (unpaired) electrons. The van der Waals surface area contributed by atoms with E-state index in [1.165, 1.54) is 16.4 Å². The molecule has 1 aromatic rings. The van der Waals surface area contributed by atoms with Crippen LogP contribution in [0, 0.1) is 5.82 Å². The summed E-state index contributed by atoms with van der Waals surface area (Å²) in [4.78, 5) is 0. The highest BCUT2D eigenvalue weighted by atomic mass is 32.2. The van der Waals surface area contributed by atoms with Gasteiger partial charge >= 0.3 is 0 Å². The van der Waals surface area contributed by atoms with Gasteiger partial charge in [0.05, 0.1) is 23.2 Å². The highest BCUT2D eigenvalue weighted by molar-refractivity contribution is 7.92. The molecule has 0 saturated carbocycles. The lowest BCUT2D eigenvalue weighted by molar-refractivity contribution is 0.510. The van der Waals surface area contributed by atoms with Crippen molar-refractivity contribution < 1.29 is 12.8 Å². The monoisotopic (exact) mass is 258 g/mol. The minimum absolute atomic E-state index is 0.247. The largest absolute Gasteiger partial charge is 0.379 e. The van der Waals surface area contributed by atoms with Crippen LogP contribution in [0.3, 0.4) is 0 Å². The van der Waals surface area contributed by atoms with Crippen LogP contribution >= 0.6 is 0 Å². The third kappa shape index (κ3) is 1.97. The van der Waals surface area contributed by atoms with Crippen LogP contribution in [0.4, 0.5) is 15.8 Å². The van der Waals surface area contributed by atoms with Crippen LogP contribution in [0.1, 0.15) is 13.8 Å². The molecule has 0 atom stereocenters. The second kappa shape index (κ2) is 3.60. The normalized spacial score (nSPS) is 18.5. The number of benzene rings is 1. The van der Waals surface area contributed by atoms with Gasteiger partial charge in [0.25, 0.3) is 0 Å². The number of sulfonamides is 1. The van der Waals surface area contributed by atoms with Crippen LogP contribution in [0.25, 0.3) is 0 Å². The van der Waals surface area contributed by atoms with Crippen molar-refractivity contribution in [3.63, 3.8) is 0 Å². The minimum atomic E-state index is -3.44. The first-order chi connectivity index (χ1) is 7.73. The maximum atomic E-state index is 13.6. The molecule has 0 bridgehead atoms. The summed E-state index contributed by atoms with van der Waals surface area (Å²) in [6.07, 6.45) is 1.13. The highest BCUT2D eigenvalue weighted by Crippen LogP contribution is 2.39. The Labute approximate surface area is 100 Å². The van der Waals surface area contributed by atoms with E-state index in [1.807, 2.05) is 0 Å². The number of nitrogens with one attached hydrogen (secondary N) is 1. The van der Waals surface area contributed by atoms with Gasteiger partial charge in [-0.2, -0.15) is 0 Å². The van der Waals surface area contributed by atoms with E-state index < -0.39 is 21.4 Å². The Bertz CT molecular complexity index is 555. The molecule has 1 aliphatic rings. The van der Waals surface area contributed by atoms with Gasteiger partial charge in [-0.15, -0.1) is 0 Å². The predicted octanol–water partition coefficient (Wildman–Crippen LogP) is 1.80. The molecule has 1 heterocycles. The summed E-state index contributed by atoms with van der Waals surface area (Å²) in [7, 11) is -3.44. The lowest BCUT2D eigenvalue weighted by Crippen LogP contribution is -2.54. The van der Waals surface area contributed by atoms with Gasteiger partial charge < -0.3 is 5.32 Å². The average molecular weight is 258 g/mol. The van der Waals surface area contributed by atoms with Crippen LogP contribution in [-0.2, 0) is 10.0 Å². The molecule has 4 nitrogen and oxygen atoms in total. The predicted molar refractivity (Wildman–Crippen MR) is 66.3 cm³/mol. The molecule has 1 aliphatic heterocycles. The number of halogens is 1. The lowest BCUT2D eigenvalue weighted by atomic mass is 10.0. The Kier molecular flexibility index (Phi) is 2.57. The molecule has 94 valence electrons. The summed E-state index contributed by atoms with van der Waals surface area (Å²) < 4.78 is 38.6. The van der Waals surface area contributed by atoms with Crippen molar-refractivity contribution >= 4 is 21.4 Å². The molecule has 1 aromatic carbocycles. The molecule has 6 heteroatoms. The Morgan fingerprint density at radius 1 is 1.41 bits per heavy atom. The fraction of sp³-hybridized carbons (Fsp3) is 0.455. The maximum Gasteiger partial charge on any atom is 0.232 e. The molecule has 0 saturated heterocycles. The Morgan fingerprint density at radius 3 is 2.65 bits per heavy atom. The molecule has 0 amide bonds. The van der Waals surface area contributed by atoms with Crippen LogP contribution in [-0.4, -0.2) is 26.8 Å². The van der Waals surface area contributed by atoms with Crippen molar-refractivity contribution in [2.24, 2.45) is 0 Å². The molecule has 2 rings (SSSR count). The summed E-state index contributed by atoms with van der Waals surface area (Å²) in [6, 6.07) is 4.42. The number of nitrogens with zero attached hydrogens (tertiary/aromatic N) is 1. The first kappa shape index (κ1) is 12.2. The van der Waals surface area contributed by atoms with E-state index >= 15 is 0 Å². The van der Waals surface area contributed by atoms with E-state index in [1.54, 1.807) is 19.9 Å². The number of rotatable bonds is 1. The molecule has 0 aromatic heterocycles. The first-order valence-electron chi connectivity index (χ1n) is 5.26. The van der Waals surface area contributed by atoms with Gasteiger partial charge in [-0.25, -0.2) is 12.8 Å². The molecule has 0 fully saturated rings. The number of para-hydroxylation sites is 1. The quantitative estimate of drug-likeness (QED) is 0.835. The first-order valence-corrected chi connectivity index (χ1v) is 7.11. The highest BCUT2D eigenvalue weighted by Gasteiger charge is 2.39. The van der Waals surface area contributed by atoms with E-state index in [0.29, 0.717) is 12.2 Å². The fourth-order valence-corrected chi connectivity index (χ4v) is 3.66. The number of fused-ring (bicyclic) bond motifs is 1. The zero-order chi connectivity index (χ0) is 12.8. The second-order valence-electron chi connectivity index (χ2n) is 4.83. The number of anilines is 2. The van der Waals surface area contributed by atoms with Crippen molar-refractivity contribution in [1.29, 1.82) is 0 Å². The summed E-state index contributed by atoms with van der Waals surface area (Å²) in [5, 5.41) is 2.94. The van der Waals surface area contributed by atoms with Crippen molar-refractivity contribution in [3.05, 3.63) is 24.0 Å². The smallest absolute Gasteiger partial charge is 0.232 e. The van der Waals surface area contributed by atoms with Crippen molar-refractivity contribution in [2.45, 2.75) is 19.4 Å². The van der Waals surface area contributed by atoms with Gasteiger partial charge in [-0.1, -0.05) is 6.07 Å². The van der Waals surface area contributed by atoms with Crippen molar-refractivity contribution in [2.75, 3.05) is 22.4 Å². The van der Waals surface area contributed by atoms with Gasteiger partial charge in [0, 0.05) is 6.54 Å². The zero-order valence-corrected chi connectivity index (χ0v) is 10.8. The number of hydrogen-bond acceptors (Lipinski definition) is 3. The van der Waals surface area contributed by atoms with Crippen LogP contribution in [0.5, 0.6) is 0 Å². The van der Waals surface area contributed by atoms with Crippen molar-refractivity contribution in [1.82, 2.24) is 0 Å². The van der Waals surface area contributed by atoms with Crippen LogP contribution in [0.2, 0.25) is 0 Å². The lowest BCUT2D eigenvalue weighted by Gasteiger charge is -2.43. The second-order valence-corrected chi connectivity index (χ2v) is 6.66. The van der Waals surface area contributed by atoms with Crippen LogP contribution in [0.15, 0.2) is 18.2 Å². The molecular weight excluding hydrogens is 243 g/mol. The topological polar surface area (TPSA) is 49.4 Å². The Balaban J connectivity index is 2.69. The van der Waals surface area contributed by atoms with E-state index in [0.717, 1.165) is 6.26 Å². The zero-order valence-electron chi connectivity index (χ0n) is 9.99. The maximum absolute atomic E-state index is 13.6. The standard InChI is InChI=1S/C11H15FN2O2S/c1-11(2)7-13-10-8(12)5-4-6-9(10)14(11)17(3,15)16/h4-6,13H,7H2,1-3H3. The average Bonchev–Trinajstić information content (AvgIpc) is 2.13. The van der Waals surface area contributed by atoms with E-state index in [4.69, 9.17) is 0 Å². The van der Waals surface area contributed by atoms with Gasteiger partial charge in [0.1, 0.15) is 5.82 Å². The van der Waals surface area contributed by atoms with Crippen LogP contribution < -0.4 is 9.62 Å². The molecule has 0 spiro atoms. The van der Waals surface area contributed by atoms with E-state index in [2.05, 4.69) is 5.32 Å². The van der Waals surface area contributed by atoms with Gasteiger partial charge in [0.2, 0.25) is 10.0 Å². The van der Waals surface area contributed by atoms with E-state index in [9.17, 15) is 12.8 Å². The van der Waals surface area contributed by atoms with E-state index in [-0.39, 0.29) is 5.69 Å². The summed E-state index contributed by atoms with van der Waals surface area (Å²) in [5.41, 5.74) is -0.00465. The SMILES string of the molecule is CC1(C)CNc2c(F)cccc2N1S(C)(=O)=O. The van der Waals surface area contributed by atoms with Crippen molar-refractivity contribution in [3.8, 4) is 0 Å². The Hall–Kier alpha value is -1.30. The summed E-state index contributed by atoms with van der Waals surface area (Å²) in [6.45, 7) is 3.97. The molecule has 0 unspecified atom stereocenters. The number of hydrogen-bond donors (Lipinski definition) is 1. The third-order valence-electron chi connectivity index (χ3n) is 2.79. The molecule has 1 N–H and O–H groups in total. The third-order valence-corrected chi connectivity index (χ3v) is 4.14. The summed E-state index contributed by atoms with van der Waals surface area (Å²) in [5.74, 6) is -0.438. The Morgan fingerprint density at radius 2 is 2.06 bits per heavy atom.